The highest BCUT2D eigenvalue weighted by Crippen LogP contribution is 2.12. The van der Waals surface area contributed by atoms with Gasteiger partial charge in [-0.05, 0) is 12.8 Å². The van der Waals surface area contributed by atoms with E-state index in [0.717, 1.165) is 17.4 Å². The number of nitrogens with zero attached hydrogens (tertiary/aromatic N) is 5. The van der Waals surface area contributed by atoms with E-state index in [0.29, 0.717) is 17.1 Å². The largest absolute Gasteiger partial charge is 0.332 e. The van der Waals surface area contributed by atoms with Crippen LogP contribution in [0.3, 0.4) is 0 Å². The fourth-order valence-corrected chi connectivity index (χ4v) is 2.27. The van der Waals surface area contributed by atoms with Crippen molar-refractivity contribution >= 4 is 23.3 Å². The van der Waals surface area contributed by atoms with Crippen LogP contribution in [0.25, 0.3) is 11.2 Å². The van der Waals surface area contributed by atoms with E-state index in [4.69, 9.17) is 0 Å². The number of unbranched alkanes of at least 4 members (excludes halogenated alkanes) is 3. The maximum absolute atomic E-state index is 12.2. The van der Waals surface area contributed by atoms with Crippen LogP contribution in [0.15, 0.2) is 14.7 Å². The lowest BCUT2D eigenvalue weighted by Gasteiger charge is -2.03. The molecule has 0 atom stereocenters. The van der Waals surface area contributed by atoms with E-state index in [1.165, 1.54) is 24.5 Å². The third-order valence-electron chi connectivity index (χ3n) is 3.67. The number of aryl methyl sites for hydroxylation is 2. The van der Waals surface area contributed by atoms with Gasteiger partial charge in [0.1, 0.15) is 0 Å². The Morgan fingerprint density at radius 1 is 1.14 bits per heavy atom. The van der Waals surface area contributed by atoms with E-state index in [1.54, 1.807) is 24.9 Å². The van der Waals surface area contributed by atoms with E-state index in [2.05, 4.69) is 22.4 Å². The Bertz CT molecular complexity index is 811. The van der Waals surface area contributed by atoms with E-state index in [-0.39, 0.29) is 5.56 Å². The normalized spacial score (nSPS) is 11.6. The molecule has 0 saturated carbocycles. The van der Waals surface area contributed by atoms with Crippen molar-refractivity contribution < 1.29 is 0 Å². The van der Waals surface area contributed by atoms with Crippen LogP contribution in [0.4, 0.5) is 5.95 Å². The van der Waals surface area contributed by atoms with Crippen LogP contribution in [0, 0.1) is 0 Å². The molecule has 1 N–H and O–H groups in total. The maximum Gasteiger partial charge on any atom is 0.332 e. The maximum atomic E-state index is 12.2. The lowest BCUT2D eigenvalue weighted by Crippen LogP contribution is -2.37. The second-order valence-electron chi connectivity index (χ2n) is 5.29. The van der Waals surface area contributed by atoms with Gasteiger partial charge >= 0.3 is 5.69 Å². The standard InChI is InChI=1S/C14H22N6O2/c1-5-6-7-8-9-15-17-13-16-11-10(18(13)2)12(21)20(4)14(22)19(11)3/h9H,5-8H2,1-4H3,(H,16,17)/b15-9-. The van der Waals surface area contributed by atoms with Crippen LogP contribution in [0.5, 0.6) is 0 Å². The molecular weight excluding hydrogens is 284 g/mol. The Morgan fingerprint density at radius 3 is 2.55 bits per heavy atom. The summed E-state index contributed by atoms with van der Waals surface area (Å²) in [6, 6.07) is 0. The molecule has 2 heterocycles. The van der Waals surface area contributed by atoms with Crippen molar-refractivity contribution in [2.75, 3.05) is 5.43 Å². The first kappa shape index (κ1) is 16.0. The summed E-state index contributed by atoms with van der Waals surface area (Å²) in [5.74, 6) is 0.431. The number of hydrazone groups is 1. The number of rotatable bonds is 6. The average molecular weight is 306 g/mol. The van der Waals surface area contributed by atoms with Crippen LogP contribution in [-0.4, -0.2) is 24.9 Å². The molecule has 8 nitrogen and oxygen atoms in total. The van der Waals surface area contributed by atoms with Crippen LogP contribution in [-0.2, 0) is 21.1 Å². The molecule has 2 aromatic heterocycles. The number of anilines is 1. The summed E-state index contributed by atoms with van der Waals surface area (Å²) >= 11 is 0. The zero-order chi connectivity index (χ0) is 16.3. The van der Waals surface area contributed by atoms with Crippen molar-refractivity contribution in [2.24, 2.45) is 26.2 Å². The van der Waals surface area contributed by atoms with Gasteiger partial charge in [-0.3, -0.25) is 13.9 Å². The van der Waals surface area contributed by atoms with Crippen LogP contribution >= 0.6 is 0 Å². The third kappa shape index (κ3) is 2.81. The van der Waals surface area contributed by atoms with Gasteiger partial charge in [0.05, 0.1) is 0 Å². The highest BCUT2D eigenvalue weighted by molar-refractivity contribution is 5.74. The fourth-order valence-electron chi connectivity index (χ4n) is 2.27. The fraction of sp³-hybridized carbons (Fsp3) is 0.571. The zero-order valence-corrected chi connectivity index (χ0v) is 13.5. The molecule has 0 saturated heterocycles. The first-order valence-electron chi connectivity index (χ1n) is 7.39. The number of nitrogens with one attached hydrogen (secondary N) is 1. The van der Waals surface area contributed by atoms with E-state index >= 15 is 0 Å². The average Bonchev–Trinajstić information content (AvgIpc) is 2.84. The van der Waals surface area contributed by atoms with Gasteiger partial charge in [-0.25, -0.2) is 10.2 Å². The second-order valence-corrected chi connectivity index (χ2v) is 5.29. The van der Waals surface area contributed by atoms with Gasteiger partial charge < -0.3 is 4.57 Å². The quantitative estimate of drug-likeness (QED) is 0.489. The van der Waals surface area contributed by atoms with E-state index in [1.807, 2.05) is 0 Å². The molecule has 0 aliphatic carbocycles. The first-order valence-corrected chi connectivity index (χ1v) is 7.39. The molecule has 0 amide bonds. The van der Waals surface area contributed by atoms with Crippen LogP contribution < -0.4 is 16.7 Å². The number of hydrogen-bond acceptors (Lipinski definition) is 5. The predicted molar refractivity (Wildman–Crippen MR) is 87.5 cm³/mol. The molecule has 120 valence electrons. The number of imidazole rings is 1. The van der Waals surface area contributed by atoms with Crippen molar-refractivity contribution in [1.82, 2.24) is 18.7 Å². The van der Waals surface area contributed by atoms with Gasteiger partial charge in [-0.2, -0.15) is 10.1 Å². The van der Waals surface area contributed by atoms with Crippen molar-refractivity contribution in [1.29, 1.82) is 0 Å². The summed E-state index contributed by atoms with van der Waals surface area (Å²) in [6.07, 6.45) is 6.14. The lowest BCUT2D eigenvalue weighted by atomic mass is 10.2. The van der Waals surface area contributed by atoms with Gasteiger partial charge in [-0.1, -0.05) is 19.8 Å². The highest BCUT2D eigenvalue weighted by Gasteiger charge is 2.16. The SMILES string of the molecule is CCCCC/C=N\Nc1nc2c(c(=O)n(C)c(=O)n2C)n1C. The molecule has 2 rings (SSSR count). The molecule has 0 fully saturated rings. The molecular formula is C14H22N6O2. The number of fused-ring (bicyclic) bond motifs is 1. The summed E-state index contributed by atoms with van der Waals surface area (Å²) in [5.41, 5.74) is 2.78. The predicted octanol–water partition coefficient (Wildman–Crippen LogP) is 0.949. The highest BCUT2D eigenvalue weighted by atomic mass is 16.2. The minimum atomic E-state index is -0.398. The van der Waals surface area contributed by atoms with Gasteiger partial charge in [-0.15, -0.1) is 0 Å². The minimum Gasteiger partial charge on any atom is -0.306 e. The second kappa shape index (κ2) is 6.59. The molecule has 0 radical (unpaired) electrons. The molecule has 0 unspecified atom stereocenters. The number of hydrogen-bond donors (Lipinski definition) is 1. The minimum absolute atomic E-state index is 0.347. The van der Waals surface area contributed by atoms with E-state index in [9.17, 15) is 9.59 Å². The summed E-state index contributed by atoms with van der Waals surface area (Å²) in [6.45, 7) is 2.15. The molecule has 22 heavy (non-hydrogen) atoms. The summed E-state index contributed by atoms with van der Waals surface area (Å²) in [7, 11) is 4.77. The van der Waals surface area contributed by atoms with Gasteiger partial charge in [0.2, 0.25) is 5.95 Å². The van der Waals surface area contributed by atoms with Gasteiger partial charge in [0.25, 0.3) is 5.56 Å². The third-order valence-corrected chi connectivity index (χ3v) is 3.67. The van der Waals surface area contributed by atoms with Gasteiger partial charge in [0, 0.05) is 27.4 Å². The summed E-state index contributed by atoms with van der Waals surface area (Å²) in [4.78, 5) is 28.4. The van der Waals surface area contributed by atoms with Crippen molar-refractivity contribution in [3.05, 3.63) is 20.8 Å². The molecule has 0 bridgehead atoms. The smallest absolute Gasteiger partial charge is 0.306 e. The monoisotopic (exact) mass is 306 g/mol. The van der Waals surface area contributed by atoms with Crippen molar-refractivity contribution in [3.8, 4) is 0 Å². The van der Waals surface area contributed by atoms with Crippen LogP contribution in [0.2, 0.25) is 0 Å². The summed E-state index contributed by atoms with van der Waals surface area (Å²) < 4.78 is 4.04. The molecule has 0 aliphatic rings. The van der Waals surface area contributed by atoms with E-state index < -0.39 is 5.69 Å². The Hall–Kier alpha value is -2.38. The molecule has 0 aromatic carbocycles. The molecule has 0 spiro atoms. The Labute approximate surface area is 128 Å². The van der Waals surface area contributed by atoms with Crippen molar-refractivity contribution in [3.63, 3.8) is 0 Å². The zero-order valence-electron chi connectivity index (χ0n) is 13.5. The molecule has 8 heteroatoms. The Morgan fingerprint density at radius 2 is 1.86 bits per heavy atom. The Balaban J connectivity index is 2.32. The Kier molecular flexibility index (Phi) is 4.79. The first-order chi connectivity index (χ1) is 10.5. The molecule has 2 aromatic rings. The van der Waals surface area contributed by atoms with Crippen LogP contribution in [0.1, 0.15) is 32.6 Å². The lowest BCUT2D eigenvalue weighted by molar-refractivity contribution is 0.705. The molecule has 0 aliphatic heterocycles. The summed E-state index contributed by atoms with van der Waals surface area (Å²) in [5, 5.41) is 4.12. The topological polar surface area (TPSA) is 86.2 Å². The van der Waals surface area contributed by atoms with Gasteiger partial charge in [0.15, 0.2) is 11.2 Å². The van der Waals surface area contributed by atoms with Crippen molar-refractivity contribution in [2.45, 2.75) is 32.6 Å². The number of aromatic nitrogens is 4.